The van der Waals surface area contributed by atoms with E-state index in [4.69, 9.17) is 9.47 Å². The average molecular weight is 390 g/mol. The zero-order valence-corrected chi connectivity index (χ0v) is 16.7. The Morgan fingerprint density at radius 3 is 2.82 bits per heavy atom. The summed E-state index contributed by atoms with van der Waals surface area (Å²) in [5.41, 5.74) is 0.535. The lowest BCUT2D eigenvalue weighted by atomic mass is 9.99. The van der Waals surface area contributed by atoms with E-state index in [0.717, 1.165) is 25.7 Å². The normalized spacial score (nSPS) is 14.5. The summed E-state index contributed by atoms with van der Waals surface area (Å²) >= 11 is 0. The van der Waals surface area contributed by atoms with Gasteiger partial charge in [-0.1, -0.05) is 45.2 Å². The van der Waals surface area contributed by atoms with E-state index in [1.54, 1.807) is 24.3 Å². The van der Waals surface area contributed by atoms with Gasteiger partial charge < -0.3 is 14.8 Å². The van der Waals surface area contributed by atoms with Crippen molar-refractivity contribution in [2.45, 2.75) is 46.0 Å². The molecule has 7 heteroatoms. The van der Waals surface area contributed by atoms with Crippen LogP contribution in [0.15, 0.2) is 24.3 Å². The van der Waals surface area contributed by atoms with Gasteiger partial charge in [-0.25, -0.2) is 0 Å². The van der Waals surface area contributed by atoms with Crippen molar-refractivity contribution in [1.82, 2.24) is 5.32 Å². The molecule has 1 aromatic rings. The van der Waals surface area contributed by atoms with E-state index in [1.807, 2.05) is 0 Å². The molecule has 2 rings (SSSR count). The molecule has 154 valence electrons. The van der Waals surface area contributed by atoms with Crippen LogP contribution in [-0.2, 0) is 19.1 Å². The van der Waals surface area contributed by atoms with Gasteiger partial charge in [0.1, 0.15) is 12.3 Å². The van der Waals surface area contributed by atoms with Crippen LogP contribution in [0, 0.1) is 5.92 Å². The van der Waals surface area contributed by atoms with Crippen LogP contribution in [0.3, 0.4) is 0 Å². The highest BCUT2D eigenvalue weighted by atomic mass is 16.5. The monoisotopic (exact) mass is 390 g/mol. The van der Waals surface area contributed by atoms with Gasteiger partial charge in [0, 0.05) is 6.54 Å². The lowest BCUT2D eigenvalue weighted by Crippen LogP contribution is -2.38. The van der Waals surface area contributed by atoms with Gasteiger partial charge in [0.25, 0.3) is 5.91 Å². The fourth-order valence-electron chi connectivity index (χ4n) is 3.07. The Balaban J connectivity index is 1.82. The Morgan fingerprint density at radius 2 is 2.07 bits per heavy atom. The molecule has 1 heterocycles. The van der Waals surface area contributed by atoms with Crippen molar-refractivity contribution in [2.75, 3.05) is 31.2 Å². The number of carbonyl (C=O) groups is 3. The molecule has 2 amide bonds. The van der Waals surface area contributed by atoms with Crippen molar-refractivity contribution in [2.24, 2.45) is 5.92 Å². The molecule has 0 aliphatic carbocycles. The second-order valence-electron chi connectivity index (χ2n) is 6.93. The molecule has 0 radical (unpaired) electrons. The summed E-state index contributed by atoms with van der Waals surface area (Å²) in [6.07, 6.45) is 4.52. The summed E-state index contributed by atoms with van der Waals surface area (Å²) in [6.45, 7) is 4.50. The number of rotatable bonds is 10. The number of hydrogen-bond acceptors (Lipinski definition) is 5. The maximum absolute atomic E-state index is 12.3. The number of para-hydroxylation sites is 2. The molecule has 1 aliphatic heterocycles. The second-order valence-corrected chi connectivity index (χ2v) is 6.93. The molecule has 0 spiro atoms. The Morgan fingerprint density at radius 1 is 1.29 bits per heavy atom. The van der Waals surface area contributed by atoms with E-state index >= 15 is 0 Å². The number of esters is 1. The first kappa shape index (κ1) is 21.7. The number of nitrogens with zero attached hydrogens (tertiary/aromatic N) is 1. The van der Waals surface area contributed by atoms with Gasteiger partial charge >= 0.3 is 5.97 Å². The number of hydrogen-bond donors (Lipinski definition) is 1. The van der Waals surface area contributed by atoms with Crippen LogP contribution in [0.4, 0.5) is 5.69 Å². The lowest BCUT2D eigenvalue weighted by molar-refractivity contribution is -0.147. The van der Waals surface area contributed by atoms with Crippen LogP contribution >= 0.6 is 0 Å². The van der Waals surface area contributed by atoms with E-state index in [2.05, 4.69) is 19.2 Å². The Hall–Kier alpha value is -2.57. The molecule has 1 aliphatic rings. The smallest absolute Gasteiger partial charge is 0.326 e. The lowest BCUT2D eigenvalue weighted by Gasteiger charge is -2.21. The minimum Gasteiger partial charge on any atom is -0.491 e. The predicted molar refractivity (Wildman–Crippen MR) is 106 cm³/mol. The van der Waals surface area contributed by atoms with Gasteiger partial charge in [-0.2, -0.15) is 0 Å². The molecule has 0 aromatic heterocycles. The predicted octanol–water partition coefficient (Wildman–Crippen LogP) is 2.68. The molecule has 0 saturated heterocycles. The summed E-state index contributed by atoms with van der Waals surface area (Å²) in [5, 5.41) is 2.82. The maximum Gasteiger partial charge on any atom is 0.326 e. The maximum atomic E-state index is 12.3. The fourth-order valence-corrected chi connectivity index (χ4v) is 3.07. The highest BCUT2D eigenvalue weighted by molar-refractivity contribution is 5.99. The molecule has 7 nitrogen and oxygen atoms in total. The summed E-state index contributed by atoms with van der Waals surface area (Å²) in [5.74, 6) is -0.178. The second kappa shape index (κ2) is 11.3. The Labute approximate surface area is 166 Å². The molecule has 1 aromatic carbocycles. The third-order valence-corrected chi connectivity index (χ3v) is 4.81. The SMILES string of the molecule is CCCC[C@H](CC)CNC(=O)COC(=O)CN1C(=O)CCOc2ccccc21. The van der Waals surface area contributed by atoms with Crippen LogP contribution < -0.4 is 15.0 Å². The zero-order valence-electron chi connectivity index (χ0n) is 16.7. The molecule has 1 atom stereocenters. The van der Waals surface area contributed by atoms with Crippen LogP contribution in [0.2, 0.25) is 0 Å². The first-order valence-electron chi connectivity index (χ1n) is 9.99. The number of anilines is 1. The van der Waals surface area contributed by atoms with Crippen molar-refractivity contribution in [3.05, 3.63) is 24.3 Å². The third-order valence-electron chi connectivity index (χ3n) is 4.81. The topological polar surface area (TPSA) is 84.9 Å². The first-order chi connectivity index (χ1) is 13.5. The fraction of sp³-hybridized carbons (Fsp3) is 0.571. The zero-order chi connectivity index (χ0) is 20.4. The molecular weight excluding hydrogens is 360 g/mol. The van der Waals surface area contributed by atoms with Crippen LogP contribution in [-0.4, -0.2) is 44.1 Å². The third kappa shape index (κ3) is 6.55. The summed E-state index contributed by atoms with van der Waals surface area (Å²) in [6, 6.07) is 7.05. The number of nitrogens with one attached hydrogen (secondary N) is 1. The molecule has 0 unspecified atom stereocenters. The van der Waals surface area contributed by atoms with Crippen LogP contribution in [0.1, 0.15) is 46.0 Å². The molecule has 28 heavy (non-hydrogen) atoms. The summed E-state index contributed by atoms with van der Waals surface area (Å²) in [7, 11) is 0. The molecule has 0 bridgehead atoms. The number of ether oxygens (including phenoxy) is 2. The van der Waals surface area contributed by atoms with Gasteiger partial charge in [-0.15, -0.1) is 0 Å². The van der Waals surface area contributed by atoms with E-state index in [1.165, 1.54) is 4.90 Å². The summed E-state index contributed by atoms with van der Waals surface area (Å²) in [4.78, 5) is 37.8. The standard InChI is InChI=1S/C21H30N2O5/c1-3-5-8-16(4-2)13-22-19(24)15-28-21(26)14-23-17-9-6-7-10-18(17)27-12-11-20(23)25/h6-7,9-10,16H,3-5,8,11-15H2,1-2H3,(H,22,24)/t16-/m0/s1. The number of unbranched alkanes of at least 4 members (excludes halogenated alkanes) is 1. The van der Waals surface area contributed by atoms with Crippen LogP contribution in [0.25, 0.3) is 0 Å². The Bertz CT molecular complexity index is 677. The van der Waals surface area contributed by atoms with Gasteiger partial charge in [0.15, 0.2) is 6.61 Å². The van der Waals surface area contributed by atoms with E-state index in [0.29, 0.717) is 23.9 Å². The number of amides is 2. The molecule has 1 N–H and O–H groups in total. The highest BCUT2D eigenvalue weighted by Gasteiger charge is 2.25. The van der Waals surface area contributed by atoms with Gasteiger partial charge in [0.2, 0.25) is 5.91 Å². The van der Waals surface area contributed by atoms with Crippen molar-refractivity contribution < 1.29 is 23.9 Å². The quantitative estimate of drug-likeness (QED) is 0.621. The van der Waals surface area contributed by atoms with E-state index in [9.17, 15) is 14.4 Å². The van der Waals surface area contributed by atoms with Crippen molar-refractivity contribution in [3.8, 4) is 5.75 Å². The highest BCUT2D eigenvalue weighted by Crippen LogP contribution is 2.30. The van der Waals surface area contributed by atoms with E-state index in [-0.39, 0.29) is 38.0 Å². The van der Waals surface area contributed by atoms with E-state index < -0.39 is 5.97 Å². The average Bonchev–Trinajstić information content (AvgIpc) is 2.85. The largest absolute Gasteiger partial charge is 0.491 e. The first-order valence-corrected chi connectivity index (χ1v) is 9.99. The summed E-state index contributed by atoms with van der Waals surface area (Å²) < 4.78 is 10.6. The molecule has 0 saturated carbocycles. The number of carbonyl (C=O) groups excluding carboxylic acids is 3. The van der Waals surface area contributed by atoms with Crippen molar-refractivity contribution >= 4 is 23.5 Å². The Kier molecular flexibility index (Phi) is 8.78. The minimum atomic E-state index is -0.627. The number of fused-ring (bicyclic) bond motifs is 1. The number of benzene rings is 1. The van der Waals surface area contributed by atoms with Gasteiger partial charge in [0.05, 0.1) is 18.7 Å². The minimum absolute atomic E-state index is 0.179. The molecule has 0 fully saturated rings. The van der Waals surface area contributed by atoms with Crippen molar-refractivity contribution in [3.63, 3.8) is 0 Å². The molecular formula is C21H30N2O5. The van der Waals surface area contributed by atoms with Gasteiger partial charge in [-0.05, 0) is 24.5 Å². The van der Waals surface area contributed by atoms with Crippen LogP contribution in [0.5, 0.6) is 5.75 Å². The van der Waals surface area contributed by atoms with Gasteiger partial charge in [-0.3, -0.25) is 19.3 Å². The van der Waals surface area contributed by atoms with Crippen molar-refractivity contribution in [1.29, 1.82) is 0 Å².